The van der Waals surface area contributed by atoms with Crippen LogP contribution in [0.2, 0.25) is 0 Å². The van der Waals surface area contributed by atoms with Gasteiger partial charge in [-0.2, -0.15) is 13.2 Å². The number of fused-ring (bicyclic) bond motifs is 1. The zero-order valence-electron chi connectivity index (χ0n) is 23.5. The maximum atomic E-state index is 13.4. The number of carbonyl (C=O) groups excluding carboxylic acids is 2. The Morgan fingerprint density at radius 2 is 1.93 bits per heavy atom. The first-order valence-electron chi connectivity index (χ1n) is 14.3. The van der Waals surface area contributed by atoms with Crippen molar-refractivity contribution in [2.75, 3.05) is 19.6 Å². The number of aromatic amines is 1. The van der Waals surface area contributed by atoms with Gasteiger partial charge in [0.25, 0.3) is 11.5 Å². The molecule has 0 saturated heterocycles. The second-order valence-corrected chi connectivity index (χ2v) is 12.4. The van der Waals surface area contributed by atoms with Crippen molar-refractivity contribution in [3.8, 4) is 0 Å². The summed E-state index contributed by atoms with van der Waals surface area (Å²) in [5, 5.41) is 12.8. The van der Waals surface area contributed by atoms with Crippen molar-refractivity contribution in [2.24, 2.45) is 0 Å². The number of aryl methyl sites for hydroxylation is 1. The summed E-state index contributed by atoms with van der Waals surface area (Å²) in [5.41, 5.74) is 1.43. The molecular weight excluding hydrogens is 581 g/mol. The Balaban J connectivity index is 1.21. The van der Waals surface area contributed by atoms with E-state index in [9.17, 15) is 32.7 Å². The van der Waals surface area contributed by atoms with Crippen molar-refractivity contribution >= 4 is 28.7 Å². The third kappa shape index (κ3) is 5.65. The molecule has 1 atom stereocenters. The Bertz CT molecular complexity index is 1670. The molecule has 2 N–H and O–H groups in total. The minimum atomic E-state index is -4.61. The first-order chi connectivity index (χ1) is 20.5. The molecule has 1 fully saturated rings. The number of H-pyrrole nitrogens is 1. The molecule has 0 radical (unpaired) electrons. The van der Waals surface area contributed by atoms with Crippen molar-refractivity contribution < 1.29 is 27.9 Å². The molecule has 2 aliphatic heterocycles. The topological polar surface area (TPSA) is 107 Å². The number of halogens is 3. The quantitative estimate of drug-likeness (QED) is 0.439. The number of nitrogens with one attached hydrogen (secondary N) is 1. The third-order valence-electron chi connectivity index (χ3n) is 8.67. The summed E-state index contributed by atoms with van der Waals surface area (Å²) in [7, 11) is 0. The molecule has 3 aromatic rings. The minimum absolute atomic E-state index is 0.0656. The van der Waals surface area contributed by atoms with Crippen molar-refractivity contribution in [2.45, 2.75) is 63.3 Å². The first-order valence-corrected chi connectivity index (χ1v) is 15.1. The van der Waals surface area contributed by atoms with Gasteiger partial charge in [-0.05, 0) is 72.4 Å². The number of amides is 2. The van der Waals surface area contributed by atoms with E-state index in [0.717, 1.165) is 47.9 Å². The lowest BCUT2D eigenvalue weighted by molar-refractivity contribution is -0.142. The Morgan fingerprint density at radius 1 is 1.14 bits per heavy atom. The number of aliphatic hydroxyl groups excluding tert-OH is 1. The highest BCUT2D eigenvalue weighted by molar-refractivity contribution is 7.10. The zero-order chi connectivity index (χ0) is 30.5. The largest absolute Gasteiger partial charge is 0.416 e. The number of hydrogen-bond donors (Lipinski definition) is 2. The summed E-state index contributed by atoms with van der Waals surface area (Å²) < 4.78 is 39.5. The molecule has 4 heterocycles. The van der Waals surface area contributed by atoms with Crippen LogP contribution < -0.4 is 5.56 Å². The lowest BCUT2D eigenvalue weighted by atomic mass is 9.98. The van der Waals surface area contributed by atoms with E-state index in [1.165, 1.54) is 16.5 Å². The van der Waals surface area contributed by atoms with Crippen LogP contribution in [0, 0.1) is 0 Å². The highest BCUT2D eigenvalue weighted by Gasteiger charge is 2.50. The van der Waals surface area contributed by atoms with Crippen LogP contribution in [0.5, 0.6) is 0 Å². The predicted octanol–water partition coefficient (Wildman–Crippen LogP) is 4.57. The molecule has 226 valence electrons. The maximum absolute atomic E-state index is 13.4. The maximum Gasteiger partial charge on any atom is 0.416 e. The Morgan fingerprint density at radius 3 is 2.60 bits per heavy atom. The molecule has 1 unspecified atom stereocenters. The molecule has 1 aromatic carbocycles. The van der Waals surface area contributed by atoms with Crippen LogP contribution in [-0.2, 0) is 34.1 Å². The number of thiophene rings is 1. The average Bonchev–Trinajstić information content (AvgIpc) is 3.70. The minimum Gasteiger partial charge on any atom is -0.378 e. The summed E-state index contributed by atoms with van der Waals surface area (Å²) in [6.45, 7) is 3.00. The van der Waals surface area contributed by atoms with Gasteiger partial charge in [0.1, 0.15) is 5.82 Å². The fraction of sp³-hybridized carbons (Fsp3) is 0.419. The van der Waals surface area contributed by atoms with Gasteiger partial charge in [0.15, 0.2) is 6.10 Å². The van der Waals surface area contributed by atoms with E-state index < -0.39 is 23.8 Å². The summed E-state index contributed by atoms with van der Waals surface area (Å²) in [6.07, 6.45) is -0.870. The second-order valence-electron chi connectivity index (χ2n) is 11.5. The van der Waals surface area contributed by atoms with Crippen molar-refractivity contribution in [1.29, 1.82) is 0 Å². The van der Waals surface area contributed by atoms with E-state index in [1.807, 2.05) is 4.90 Å². The number of aliphatic hydroxyl groups is 1. The van der Waals surface area contributed by atoms with Gasteiger partial charge in [-0.1, -0.05) is 18.2 Å². The molecule has 6 rings (SSSR count). The van der Waals surface area contributed by atoms with Crippen LogP contribution in [0.25, 0.3) is 5.57 Å². The molecule has 0 bridgehead atoms. The molecule has 3 aliphatic rings. The van der Waals surface area contributed by atoms with Crippen LogP contribution >= 0.6 is 11.3 Å². The van der Waals surface area contributed by atoms with Crippen LogP contribution in [-0.4, -0.2) is 56.3 Å². The SMILES string of the molecule is CC(=O)N1CC=C(c2csc(C3(c4nc5c(c(=O)[nH]4)CN(C(=O)C(O)c4cccc(C(F)(F)F)c4)CCC5)CC3)c2)CC1. The first kappa shape index (κ1) is 29.3. The van der Waals surface area contributed by atoms with E-state index in [1.54, 1.807) is 18.3 Å². The van der Waals surface area contributed by atoms with E-state index in [4.69, 9.17) is 4.98 Å². The average molecular weight is 613 g/mol. The standard InChI is InChI=1S/C31H31F3N4O4S/c1-18(39)37-12-7-19(8-13-37)21-15-25(43-17-21)30(9-10-30)29-35-24-6-3-11-38(16-23(24)27(41)36-29)28(42)26(40)20-4-2-5-22(14-20)31(32,33)34/h2,4-5,7,14-15,17,26,40H,3,6,8-13,16H2,1H3,(H,35,36,41). The summed E-state index contributed by atoms with van der Waals surface area (Å²) in [6, 6.07) is 6.24. The molecule has 0 spiro atoms. The Kier molecular flexibility index (Phi) is 7.54. The van der Waals surface area contributed by atoms with Crippen molar-refractivity contribution in [3.63, 3.8) is 0 Å². The van der Waals surface area contributed by atoms with Gasteiger partial charge in [0.2, 0.25) is 5.91 Å². The number of hydrogen-bond acceptors (Lipinski definition) is 6. The normalized spacial score (nSPS) is 18.9. The molecule has 43 heavy (non-hydrogen) atoms. The molecular formula is C31H31F3N4O4S. The second kappa shape index (κ2) is 11.1. The fourth-order valence-corrected chi connectivity index (χ4v) is 7.13. The monoisotopic (exact) mass is 612 g/mol. The van der Waals surface area contributed by atoms with Gasteiger partial charge in [-0.15, -0.1) is 11.3 Å². The number of rotatable bonds is 5. The predicted molar refractivity (Wildman–Crippen MR) is 154 cm³/mol. The number of alkyl halides is 3. The fourth-order valence-electron chi connectivity index (χ4n) is 5.93. The molecule has 1 aliphatic carbocycles. The molecule has 1 saturated carbocycles. The van der Waals surface area contributed by atoms with Gasteiger partial charge in [-0.25, -0.2) is 4.98 Å². The smallest absolute Gasteiger partial charge is 0.378 e. The summed E-state index contributed by atoms with van der Waals surface area (Å²) in [4.78, 5) is 50.4. The van der Waals surface area contributed by atoms with Gasteiger partial charge < -0.3 is 19.9 Å². The van der Waals surface area contributed by atoms with E-state index in [0.29, 0.717) is 43.0 Å². The van der Waals surface area contributed by atoms with Crippen LogP contribution in [0.1, 0.15) is 77.4 Å². The van der Waals surface area contributed by atoms with Crippen LogP contribution in [0.4, 0.5) is 13.2 Å². The Labute approximate surface area is 249 Å². The molecule has 2 amide bonds. The van der Waals surface area contributed by atoms with Gasteiger partial charge in [0, 0.05) is 31.4 Å². The highest BCUT2D eigenvalue weighted by atomic mass is 32.1. The van der Waals surface area contributed by atoms with Crippen molar-refractivity contribution in [1.82, 2.24) is 19.8 Å². The molecule has 12 heteroatoms. The van der Waals surface area contributed by atoms with E-state index >= 15 is 0 Å². The number of nitrogens with zero attached hydrogens (tertiary/aromatic N) is 3. The number of carbonyl (C=O) groups is 2. The van der Waals surface area contributed by atoms with Gasteiger partial charge in [-0.3, -0.25) is 14.4 Å². The molecule has 2 aromatic heterocycles. The highest BCUT2D eigenvalue weighted by Crippen LogP contribution is 2.54. The summed E-state index contributed by atoms with van der Waals surface area (Å²) >= 11 is 1.64. The van der Waals surface area contributed by atoms with Gasteiger partial charge in [0.05, 0.1) is 28.8 Å². The molecule has 8 nitrogen and oxygen atoms in total. The number of benzene rings is 1. The lowest BCUT2D eigenvalue weighted by Gasteiger charge is -2.25. The van der Waals surface area contributed by atoms with Gasteiger partial charge >= 0.3 is 6.18 Å². The Hall–Kier alpha value is -3.77. The van der Waals surface area contributed by atoms with Crippen LogP contribution in [0.15, 0.2) is 46.6 Å². The third-order valence-corrected chi connectivity index (χ3v) is 9.80. The van der Waals surface area contributed by atoms with Crippen molar-refractivity contribution in [3.05, 3.63) is 90.8 Å². The summed E-state index contributed by atoms with van der Waals surface area (Å²) in [5.74, 6) is -0.0893. The van der Waals surface area contributed by atoms with Crippen LogP contribution in [0.3, 0.4) is 0 Å². The number of aromatic nitrogens is 2. The van der Waals surface area contributed by atoms with E-state index in [-0.39, 0.29) is 35.5 Å². The lowest BCUT2D eigenvalue weighted by Crippen LogP contribution is -2.36. The van der Waals surface area contributed by atoms with E-state index in [2.05, 4.69) is 22.5 Å². The zero-order valence-corrected chi connectivity index (χ0v) is 24.4.